The molecule has 1 unspecified atom stereocenters. The van der Waals surface area contributed by atoms with Crippen molar-refractivity contribution in [3.8, 4) is 0 Å². The highest BCUT2D eigenvalue weighted by Crippen LogP contribution is 2.30. The van der Waals surface area contributed by atoms with E-state index < -0.39 is 5.97 Å². The van der Waals surface area contributed by atoms with Gasteiger partial charge in [0.1, 0.15) is 6.04 Å². The normalized spacial score (nSPS) is 21.8. The summed E-state index contributed by atoms with van der Waals surface area (Å²) in [6.07, 6.45) is 6.48. The van der Waals surface area contributed by atoms with E-state index in [2.05, 4.69) is 11.8 Å². The Labute approximate surface area is 105 Å². The van der Waals surface area contributed by atoms with Crippen molar-refractivity contribution in [3.05, 3.63) is 0 Å². The SMILES string of the molecule is CC(C)[C@@H](C(=O)O)N(C)C(C)C1CCCCC1. The summed E-state index contributed by atoms with van der Waals surface area (Å²) in [5.41, 5.74) is 0. The van der Waals surface area contributed by atoms with Gasteiger partial charge in [-0.2, -0.15) is 0 Å². The van der Waals surface area contributed by atoms with Crippen molar-refractivity contribution in [2.75, 3.05) is 7.05 Å². The standard InChI is InChI=1S/C14H27NO2/c1-10(2)13(14(16)17)15(4)11(3)12-8-6-5-7-9-12/h10-13H,5-9H2,1-4H3,(H,16,17)/t11?,13-/m0/s1. The van der Waals surface area contributed by atoms with Gasteiger partial charge in [-0.1, -0.05) is 33.1 Å². The highest BCUT2D eigenvalue weighted by molar-refractivity contribution is 5.73. The Balaban J connectivity index is 2.65. The molecule has 1 aliphatic rings. The molecule has 0 radical (unpaired) electrons. The largest absolute Gasteiger partial charge is 0.480 e. The minimum absolute atomic E-state index is 0.156. The Morgan fingerprint density at radius 3 is 2.12 bits per heavy atom. The van der Waals surface area contributed by atoms with Crippen LogP contribution in [0.15, 0.2) is 0 Å². The van der Waals surface area contributed by atoms with Crippen LogP contribution in [0.25, 0.3) is 0 Å². The predicted octanol–water partition coefficient (Wildman–Crippen LogP) is 3.00. The molecule has 100 valence electrons. The van der Waals surface area contributed by atoms with Gasteiger partial charge in [0.2, 0.25) is 0 Å². The molecule has 0 amide bonds. The van der Waals surface area contributed by atoms with Crippen molar-refractivity contribution >= 4 is 5.97 Å². The van der Waals surface area contributed by atoms with Crippen molar-refractivity contribution < 1.29 is 9.90 Å². The zero-order chi connectivity index (χ0) is 13.0. The summed E-state index contributed by atoms with van der Waals surface area (Å²) < 4.78 is 0. The molecule has 0 aliphatic heterocycles. The third kappa shape index (κ3) is 3.70. The van der Waals surface area contributed by atoms with Crippen LogP contribution in [0.5, 0.6) is 0 Å². The number of carboxylic acids is 1. The molecule has 17 heavy (non-hydrogen) atoms. The summed E-state index contributed by atoms with van der Waals surface area (Å²) in [6, 6.07) is 0.0192. The van der Waals surface area contributed by atoms with E-state index >= 15 is 0 Å². The third-order valence-electron chi connectivity index (χ3n) is 4.30. The molecule has 3 heteroatoms. The monoisotopic (exact) mass is 241 g/mol. The summed E-state index contributed by atoms with van der Waals surface area (Å²) in [5, 5.41) is 9.32. The first kappa shape index (κ1) is 14.5. The van der Waals surface area contributed by atoms with Crippen LogP contribution in [0.3, 0.4) is 0 Å². The van der Waals surface area contributed by atoms with Crippen molar-refractivity contribution in [2.45, 2.75) is 65.0 Å². The maximum absolute atomic E-state index is 11.3. The summed E-state index contributed by atoms with van der Waals surface area (Å²) in [7, 11) is 1.97. The van der Waals surface area contributed by atoms with E-state index in [-0.39, 0.29) is 12.0 Å². The van der Waals surface area contributed by atoms with Crippen molar-refractivity contribution in [3.63, 3.8) is 0 Å². The van der Waals surface area contributed by atoms with Gasteiger partial charge in [-0.15, -0.1) is 0 Å². The number of hydrogen-bond donors (Lipinski definition) is 1. The molecule has 1 rings (SSSR count). The fraction of sp³-hybridized carbons (Fsp3) is 0.929. The van der Waals surface area contributed by atoms with Crippen LogP contribution in [0.2, 0.25) is 0 Å². The van der Waals surface area contributed by atoms with Gasteiger partial charge in [-0.25, -0.2) is 0 Å². The first-order valence-corrected chi connectivity index (χ1v) is 6.90. The van der Waals surface area contributed by atoms with Gasteiger partial charge in [-0.3, -0.25) is 9.69 Å². The molecular formula is C14H27NO2. The minimum Gasteiger partial charge on any atom is -0.480 e. The highest BCUT2D eigenvalue weighted by atomic mass is 16.4. The van der Waals surface area contributed by atoms with Gasteiger partial charge in [0, 0.05) is 6.04 Å². The van der Waals surface area contributed by atoms with Gasteiger partial charge in [0.25, 0.3) is 0 Å². The molecule has 0 heterocycles. The minimum atomic E-state index is -0.690. The zero-order valence-corrected chi connectivity index (χ0v) is 11.6. The maximum Gasteiger partial charge on any atom is 0.321 e. The number of carbonyl (C=O) groups is 1. The van der Waals surface area contributed by atoms with E-state index in [1.807, 2.05) is 20.9 Å². The van der Waals surface area contributed by atoms with Gasteiger partial charge < -0.3 is 5.11 Å². The molecule has 3 nitrogen and oxygen atoms in total. The van der Waals surface area contributed by atoms with Crippen molar-refractivity contribution in [1.29, 1.82) is 0 Å². The number of nitrogens with zero attached hydrogens (tertiary/aromatic N) is 1. The predicted molar refractivity (Wildman–Crippen MR) is 70.1 cm³/mol. The molecule has 0 aromatic carbocycles. The Morgan fingerprint density at radius 1 is 1.18 bits per heavy atom. The summed E-state index contributed by atoms with van der Waals surface area (Å²) in [4.78, 5) is 13.4. The summed E-state index contributed by atoms with van der Waals surface area (Å²) >= 11 is 0. The lowest BCUT2D eigenvalue weighted by molar-refractivity contribution is -0.146. The van der Waals surface area contributed by atoms with E-state index in [1.54, 1.807) is 0 Å². The topological polar surface area (TPSA) is 40.5 Å². The first-order chi connectivity index (χ1) is 7.95. The summed E-state index contributed by atoms with van der Waals surface area (Å²) in [6.45, 7) is 6.17. The first-order valence-electron chi connectivity index (χ1n) is 6.90. The number of carboxylic acid groups (broad SMARTS) is 1. The van der Waals surface area contributed by atoms with Crippen LogP contribution in [0, 0.1) is 11.8 Å². The fourth-order valence-electron chi connectivity index (χ4n) is 3.13. The Morgan fingerprint density at radius 2 is 1.71 bits per heavy atom. The van der Waals surface area contributed by atoms with Gasteiger partial charge >= 0.3 is 5.97 Å². The molecule has 0 bridgehead atoms. The van der Waals surface area contributed by atoms with E-state index in [0.29, 0.717) is 12.0 Å². The number of likely N-dealkylation sites (N-methyl/N-ethyl adjacent to an activating group) is 1. The molecule has 0 saturated heterocycles. The van der Waals surface area contributed by atoms with Crippen LogP contribution in [0.1, 0.15) is 52.9 Å². The van der Waals surface area contributed by atoms with Crippen molar-refractivity contribution in [2.24, 2.45) is 11.8 Å². The maximum atomic E-state index is 11.3. The van der Waals surface area contributed by atoms with Gasteiger partial charge in [0.15, 0.2) is 0 Å². The number of rotatable bonds is 5. The Kier molecular flexibility index (Phi) is 5.44. The van der Waals surface area contributed by atoms with Crippen LogP contribution in [-0.2, 0) is 4.79 Å². The van der Waals surface area contributed by atoms with Gasteiger partial charge in [0.05, 0.1) is 0 Å². The lowest BCUT2D eigenvalue weighted by Gasteiger charge is -2.38. The summed E-state index contributed by atoms with van der Waals surface area (Å²) in [5.74, 6) is 0.142. The van der Waals surface area contributed by atoms with E-state index in [4.69, 9.17) is 0 Å². The Bertz CT molecular complexity index is 247. The lowest BCUT2D eigenvalue weighted by atomic mass is 9.83. The molecule has 0 aromatic rings. The second-order valence-electron chi connectivity index (χ2n) is 5.83. The highest BCUT2D eigenvalue weighted by Gasteiger charge is 2.32. The second kappa shape index (κ2) is 6.39. The van der Waals surface area contributed by atoms with E-state index in [0.717, 1.165) is 0 Å². The van der Waals surface area contributed by atoms with Crippen LogP contribution in [-0.4, -0.2) is 35.1 Å². The lowest BCUT2D eigenvalue weighted by Crippen LogP contribution is -2.49. The van der Waals surface area contributed by atoms with Crippen LogP contribution < -0.4 is 0 Å². The second-order valence-corrected chi connectivity index (χ2v) is 5.83. The zero-order valence-electron chi connectivity index (χ0n) is 11.6. The molecular weight excluding hydrogens is 214 g/mol. The van der Waals surface area contributed by atoms with E-state index in [9.17, 15) is 9.90 Å². The molecule has 0 aromatic heterocycles. The van der Waals surface area contributed by atoms with Crippen LogP contribution in [0.4, 0.5) is 0 Å². The quantitative estimate of drug-likeness (QED) is 0.804. The molecule has 2 atom stereocenters. The smallest absolute Gasteiger partial charge is 0.321 e. The molecule has 0 spiro atoms. The number of hydrogen-bond acceptors (Lipinski definition) is 2. The average Bonchev–Trinajstić information content (AvgIpc) is 2.28. The Hall–Kier alpha value is -0.570. The van der Waals surface area contributed by atoms with E-state index in [1.165, 1.54) is 32.1 Å². The third-order valence-corrected chi connectivity index (χ3v) is 4.30. The van der Waals surface area contributed by atoms with Crippen LogP contribution >= 0.6 is 0 Å². The van der Waals surface area contributed by atoms with Crippen molar-refractivity contribution in [1.82, 2.24) is 4.90 Å². The average molecular weight is 241 g/mol. The molecule has 1 aliphatic carbocycles. The fourth-order valence-corrected chi connectivity index (χ4v) is 3.13. The number of aliphatic carboxylic acids is 1. The van der Waals surface area contributed by atoms with Gasteiger partial charge in [-0.05, 0) is 38.6 Å². The molecule has 1 N–H and O–H groups in total. The molecule has 1 saturated carbocycles. The molecule has 1 fully saturated rings.